The van der Waals surface area contributed by atoms with Crippen LogP contribution in [0.5, 0.6) is 0 Å². The Kier molecular flexibility index (Phi) is 8.20. The first-order valence-corrected chi connectivity index (χ1v) is 21.3. The minimum Gasteiger partial charge on any atom is -0.456 e. The number of furan rings is 1. The Balaban J connectivity index is 1.08. The average Bonchev–Trinajstić information content (AvgIpc) is 3.82. The van der Waals surface area contributed by atoms with Crippen LogP contribution in [-0.4, -0.2) is 9.97 Å². The third kappa shape index (κ3) is 5.89. The summed E-state index contributed by atoms with van der Waals surface area (Å²) < 4.78 is 6.26. The van der Waals surface area contributed by atoms with E-state index in [1.807, 2.05) is 18.2 Å². The maximum Gasteiger partial charge on any atom is 0.160 e. The van der Waals surface area contributed by atoms with Crippen molar-refractivity contribution < 1.29 is 4.42 Å². The number of hydrogen-bond donors (Lipinski definition) is 0. The topological polar surface area (TPSA) is 38.9 Å². The minimum atomic E-state index is -0.109. The third-order valence-corrected chi connectivity index (χ3v) is 12.9. The number of hydrogen-bond acceptors (Lipinski definition) is 3. The highest BCUT2D eigenvalue weighted by Crippen LogP contribution is 2.53. The molecule has 12 rings (SSSR count). The molecule has 11 aromatic rings. The van der Waals surface area contributed by atoms with Gasteiger partial charge < -0.3 is 4.42 Å². The van der Waals surface area contributed by atoms with Gasteiger partial charge in [-0.25, -0.2) is 9.97 Å². The van der Waals surface area contributed by atoms with Crippen LogP contribution in [0.3, 0.4) is 0 Å². The molecule has 62 heavy (non-hydrogen) atoms. The predicted octanol–water partition coefficient (Wildman–Crippen LogP) is 15.8. The van der Waals surface area contributed by atoms with E-state index in [9.17, 15) is 0 Å². The van der Waals surface area contributed by atoms with Crippen molar-refractivity contribution in [1.82, 2.24) is 9.97 Å². The summed E-state index contributed by atoms with van der Waals surface area (Å²) in [5.74, 6) is 0.682. The molecule has 0 N–H and O–H groups in total. The molecule has 3 heteroatoms. The Morgan fingerprint density at radius 3 is 1.82 bits per heavy atom. The van der Waals surface area contributed by atoms with E-state index in [1.165, 1.54) is 38.6 Å². The molecule has 2 heterocycles. The van der Waals surface area contributed by atoms with Crippen LogP contribution in [0.4, 0.5) is 0 Å². The minimum absolute atomic E-state index is 0.109. The molecule has 1 aliphatic rings. The van der Waals surface area contributed by atoms with Crippen LogP contribution < -0.4 is 0 Å². The lowest BCUT2D eigenvalue weighted by molar-refractivity contribution is 0.660. The Morgan fingerprint density at radius 2 is 0.968 bits per heavy atom. The van der Waals surface area contributed by atoms with Crippen molar-refractivity contribution in [3.63, 3.8) is 0 Å². The first kappa shape index (κ1) is 36.0. The van der Waals surface area contributed by atoms with E-state index < -0.39 is 0 Å². The molecule has 1 aliphatic carbocycles. The lowest BCUT2D eigenvalue weighted by atomic mass is 9.81. The Bertz CT molecular complexity index is 3560. The van der Waals surface area contributed by atoms with Crippen LogP contribution >= 0.6 is 0 Å². The molecule has 0 amide bonds. The molecule has 0 unspecified atom stereocenters. The Labute approximate surface area is 360 Å². The van der Waals surface area contributed by atoms with Crippen LogP contribution in [0.15, 0.2) is 211 Å². The summed E-state index contributed by atoms with van der Waals surface area (Å²) in [7, 11) is 0. The predicted molar refractivity (Wildman–Crippen MR) is 257 cm³/mol. The van der Waals surface area contributed by atoms with E-state index in [1.54, 1.807) is 0 Å². The van der Waals surface area contributed by atoms with Crippen molar-refractivity contribution in [1.29, 1.82) is 0 Å². The quantitative estimate of drug-likeness (QED) is 0.168. The molecule has 0 spiro atoms. The van der Waals surface area contributed by atoms with Gasteiger partial charge in [-0.1, -0.05) is 172 Å². The second kappa shape index (κ2) is 14.1. The fraction of sp³-hybridized carbons (Fsp3) is 0.0508. The van der Waals surface area contributed by atoms with Gasteiger partial charge in [-0.2, -0.15) is 0 Å². The smallest absolute Gasteiger partial charge is 0.160 e. The molecule has 0 radical (unpaired) electrons. The number of para-hydroxylation sites is 1. The molecule has 0 atom stereocenters. The van der Waals surface area contributed by atoms with Crippen molar-refractivity contribution in [2.24, 2.45) is 0 Å². The van der Waals surface area contributed by atoms with Gasteiger partial charge in [-0.05, 0) is 115 Å². The maximum atomic E-state index is 6.26. The van der Waals surface area contributed by atoms with Crippen molar-refractivity contribution in [3.05, 3.63) is 217 Å². The molecular weight excluding hydrogens is 753 g/mol. The summed E-state index contributed by atoms with van der Waals surface area (Å²) in [5.41, 5.74) is 18.5. The summed E-state index contributed by atoms with van der Waals surface area (Å²) in [4.78, 5) is 10.8. The standard InChI is InChI=1S/C59H40N2O/c1-59(2)51-24-12-10-22-49(51)57-48(23-14-25-52(57)59)45-19-8-9-20-46(45)54-36-53(60-58(61-54)38-16-4-3-5-17-38)44-33-42(40-28-27-37-15-6-7-18-39(37)31-40)32-43(34-44)41-29-30-56-50(35-41)47-21-11-13-26-55(47)62-56/h3-36H,1-2H3. The summed E-state index contributed by atoms with van der Waals surface area (Å²) in [6.45, 7) is 4.68. The second-order valence-electron chi connectivity index (χ2n) is 16.9. The van der Waals surface area contributed by atoms with Crippen molar-refractivity contribution in [2.45, 2.75) is 19.3 Å². The van der Waals surface area contributed by atoms with Gasteiger partial charge in [-0.3, -0.25) is 0 Å². The molecule has 0 saturated carbocycles. The number of rotatable bonds is 6. The van der Waals surface area contributed by atoms with Gasteiger partial charge >= 0.3 is 0 Å². The summed E-state index contributed by atoms with van der Waals surface area (Å²) in [6.07, 6.45) is 0. The molecule has 0 bridgehead atoms. The number of nitrogens with zero attached hydrogens (tertiary/aromatic N) is 2. The highest BCUT2D eigenvalue weighted by Gasteiger charge is 2.36. The van der Waals surface area contributed by atoms with Gasteiger partial charge in [-0.15, -0.1) is 0 Å². The van der Waals surface area contributed by atoms with Gasteiger partial charge in [0.15, 0.2) is 5.82 Å². The molecule has 9 aromatic carbocycles. The zero-order chi connectivity index (χ0) is 41.4. The van der Waals surface area contributed by atoms with Crippen molar-refractivity contribution in [2.75, 3.05) is 0 Å². The lowest BCUT2D eigenvalue weighted by Gasteiger charge is -2.22. The van der Waals surface area contributed by atoms with E-state index in [0.29, 0.717) is 5.82 Å². The van der Waals surface area contributed by atoms with E-state index in [0.717, 1.165) is 77.8 Å². The summed E-state index contributed by atoms with van der Waals surface area (Å²) in [5, 5.41) is 4.63. The fourth-order valence-electron chi connectivity index (χ4n) is 9.75. The number of benzene rings is 9. The highest BCUT2D eigenvalue weighted by molar-refractivity contribution is 6.06. The Morgan fingerprint density at radius 1 is 0.355 bits per heavy atom. The van der Waals surface area contributed by atoms with Gasteiger partial charge in [0.05, 0.1) is 11.4 Å². The van der Waals surface area contributed by atoms with Gasteiger partial charge in [0.2, 0.25) is 0 Å². The number of aromatic nitrogens is 2. The fourth-order valence-corrected chi connectivity index (χ4v) is 9.75. The molecule has 0 fully saturated rings. The van der Waals surface area contributed by atoms with Crippen molar-refractivity contribution in [3.8, 4) is 78.4 Å². The van der Waals surface area contributed by atoms with E-state index >= 15 is 0 Å². The van der Waals surface area contributed by atoms with E-state index in [4.69, 9.17) is 14.4 Å². The summed E-state index contributed by atoms with van der Waals surface area (Å²) >= 11 is 0. The van der Waals surface area contributed by atoms with Gasteiger partial charge in [0.1, 0.15) is 11.2 Å². The molecule has 0 saturated heterocycles. The number of fused-ring (bicyclic) bond motifs is 7. The normalized spacial score (nSPS) is 12.8. The largest absolute Gasteiger partial charge is 0.456 e. The van der Waals surface area contributed by atoms with Crippen LogP contribution in [0.25, 0.3) is 111 Å². The molecular formula is C59H40N2O. The highest BCUT2D eigenvalue weighted by atomic mass is 16.3. The molecule has 3 nitrogen and oxygen atoms in total. The van der Waals surface area contributed by atoms with Crippen LogP contribution in [0.2, 0.25) is 0 Å². The zero-order valence-electron chi connectivity index (χ0n) is 34.4. The monoisotopic (exact) mass is 792 g/mol. The van der Waals surface area contributed by atoms with E-state index in [-0.39, 0.29) is 5.41 Å². The van der Waals surface area contributed by atoms with Crippen molar-refractivity contribution >= 4 is 32.7 Å². The Hall–Kier alpha value is -7.88. The molecule has 292 valence electrons. The second-order valence-corrected chi connectivity index (χ2v) is 16.9. The SMILES string of the molecule is CC1(C)c2ccccc2-c2c(-c3ccccc3-c3cc(-c4cc(-c5ccc6ccccc6c5)cc(-c5ccc6oc7ccccc7c6c5)c4)nc(-c4ccccc4)n3)cccc21. The third-order valence-electron chi connectivity index (χ3n) is 12.9. The first-order chi connectivity index (χ1) is 30.5. The first-order valence-electron chi connectivity index (χ1n) is 21.3. The van der Waals surface area contributed by atoms with Gasteiger partial charge in [0.25, 0.3) is 0 Å². The average molecular weight is 793 g/mol. The zero-order valence-corrected chi connectivity index (χ0v) is 34.4. The van der Waals surface area contributed by atoms with E-state index in [2.05, 4.69) is 202 Å². The maximum absolute atomic E-state index is 6.26. The lowest BCUT2D eigenvalue weighted by Crippen LogP contribution is -2.14. The van der Waals surface area contributed by atoms with Crippen LogP contribution in [0, 0.1) is 0 Å². The summed E-state index contributed by atoms with van der Waals surface area (Å²) in [6, 6.07) is 73.9. The molecule has 2 aromatic heterocycles. The van der Waals surface area contributed by atoms with Crippen LogP contribution in [-0.2, 0) is 5.41 Å². The van der Waals surface area contributed by atoms with Crippen LogP contribution in [0.1, 0.15) is 25.0 Å². The molecule has 0 aliphatic heterocycles. The van der Waals surface area contributed by atoms with Gasteiger partial charge in [0, 0.05) is 32.9 Å².